The first-order valence-electron chi connectivity index (χ1n) is 7.00. The summed E-state index contributed by atoms with van der Waals surface area (Å²) < 4.78 is 0. The number of aliphatic hydroxyl groups excluding tert-OH is 2. The lowest BCUT2D eigenvalue weighted by Gasteiger charge is -2.43. The molecule has 96 valence electrons. The van der Waals surface area contributed by atoms with Crippen LogP contribution in [0.25, 0.3) is 0 Å². The molecule has 0 heterocycles. The summed E-state index contributed by atoms with van der Waals surface area (Å²) in [6, 6.07) is 0. The summed E-state index contributed by atoms with van der Waals surface area (Å²) in [6.07, 6.45) is 6.93. The van der Waals surface area contributed by atoms with Gasteiger partial charge in [0.25, 0.3) is 0 Å². The molecule has 16 heavy (non-hydrogen) atoms. The van der Waals surface area contributed by atoms with Crippen LogP contribution in [-0.4, -0.2) is 23.4 Å². The lowest BCUT2D eigenvalue weighted by molar-refractivity contribution is 0.0485. The summed E-state index contributed by atoms with van der Waals surface area (Å²) in [5.41, 5.74) is 0. The van der Waals surface area contributed by atoms with Crippen LogP contribution in [0.15, 0.2) is 0 Å². The Morgan fingerprint density at radius 3 is 1.94 bits per heavy atom. The van der Waals surface area contributed by atoms with E-state index in [2.05, 4.69) is 13.8 Å². The highest BCUT2D eigenvalue weighted by molar-refractivity contribution is 4.86. The van der Waals surface area contributed by atoms with Crippen molar-refractivity contribution in [1.82, 2.24) is 0 Å². The van der Waals surface area contributed by atoms with Crippen LogP contribution in [0.4, 0.5) is 0 Å². The van der Waals surface area contributed by atoms with E-state index < -0.39 is 0 Å². The van der Waals surface area contributed by atoms with Gasteiger partial charge in [-0.1, -0.05) is 26.7 Å². The summed E-state index contributed by atoms with van der Waals surface area (Å²) in [7, 11) is 0. The molecule has 1 aliphatic rings. The number of aliphatic hydroxyl groups is 2. The molecule has 0 aromatic heterocycles. The van der Waals surface area contributed by atoms with Gasteiger partial charge in [0.05, 0.1) is 0 Å². The maximum atomic E-state index is 9.21. The third kappa shape index (κ3) is 3.21. The molecule has 0 saturated heterocycles. The van der Waals surface area contributed by atoms with E-state index >= 15 is 0 Å². The molecular formula is C14H28O2. The minimum atomic E-state index is 0.323. The molecule has 4 atom stereocenters. The van der Waals surface area contributed by atoms with Crippen molar-refractivity contribution in [3.8, 4) is 0 Å². The van der Waals surface area contributed by atoms with Crippen LogP contribution < -0.4 is 0 Å². The Hall–Kier alpha value is -0.0800. The molecular weight excluding hydrogens is 200 g/mol. The molecule has 0 amide bonds. The van der Waals surface area contributed by atoms with Gasteiger partial charge in [-0.15, -0.1) is 0 Å². The molecule has 0 aromatic carbocycles. The summed E-state index contributed by atoms with van der Waals surface area (Å²) in [5, 5.41) is 18.3. The van der Waals surface area contributed by atoms with E-state index in [1.165, 1.54) is 25.7 Å². The molecule has 0 spiro atoms. The lowest BCUT2D eigenvalue weighted by Crippen LogP contribution is -2.35. The quantitative estimate of drug-likeness (QED) is 0.734. The van der Waals surface area contributed by atoms with Gasteiger partial charge in [0.15, 0.2) is 0 Å². The van der Waals surface area contributed by atoms with Gasteiger partial charge in [0.1, 0.15) is 0 Å². The Morgan fingerprint density at radius 1 is 0.812 bits per heavy atom. The van der Waals surface area contributed by atoms with Crippen molar-refractivity contribution in [2.45, 2.75) is 52.4 Å². The minimum Gasteiger partial charge on any atom is -0.396 e. The Kier molecular flexibility index (Phi) is 6.37. The highest BCUT2D eigenvalue weighted by Gasteiger charge is 2.36. The molecule has 4 unspecified atom stereocenters. The topological polar surface area (TPSA) is 40.5 Å². The van der Waals surface area contributed by atoms with Crippen LogP contribution in [0.5, 0.6) is 0 Å². The minimum absolute atomic E-state index is 0.323. The van der Waals surface area contributed by atoms with Gasteiger partial charge in [-0.2, -0.15) is 0 Å². The summed E-state index contributed by atoms with van der Waals surface area (Å²) >= 11 is 0. The Bertz CT molecular complexity index is 182. The zero-order chi connectivity index (χ0) is 12.0. The van der Waals surface area contributed by atoms with Crippen molar-refractivity contribution in [1.29, 1.82) is 0 Å². The van der Waals surface area contributed by atoms with E-state index in [1.54, 1.807) is 0 Å². The molecule has 1 fully saturated rings. The van der Waals surface area contributed by atoms with Gasteiger partial charge in [-0.25, -0.2) is 0 Å². The fraction of sp³-hybridized carbons (Fsp3) is 1.00. The van der Waals surface area contributed by atoms with Gasteiger partial charge < -0.3 is 10.2 Å². The van der Waals surface area contributed by atoms with Crippen LogP contribution in [-0.2, 0) is 0 Å². The first kappa shape index (κ1) is 14.0. The molecule has 0 aromatic rings. The first-order chi connectivity index (χ1) is 7.78. The number of rotatable bonds is 6. The molecule has 2 N–H and O–H groups in total. The van der Waals surface area contributed by atoms with Crippen LogP contribution in [0.3, 0.4) is 0 Å². The first-order valence-corrected chi connectivity index (χ1v) is 7.00. The number of hydrogen-bond acceptors (Lipinski definition) is 2. The Morgan fingerprint density at radius 2 is 1.44 bits per heavy atom. The van der Waals surface area contributed by atoms with Gasteiger partial charge >= 0.3 is 0 Å². The average Bonchev–Trinajstić information content (AvgIpc) is 2.30. The van der Waals surface area contributed by atoms with Crippen LogP contribution >= 0.6 is 0 Å². The van der Waals surface area contributed by atoms with Gasteiger partial charge in [0.2, 0.25) is 0 Å². The third-order valence-corrected chi connectivity index (χ3v) is 4.63. The number of hydrogen-bond donors (Lipinski definition) is 2. The predicted molar refractivity (Wildman–Crippen MR) is 67.2 cm³/mol. The van der Waals surface area contributed by atoms with Gasteiger partial charge in [0, 0.05) is 13.2 Å². The maximum Gasteiger partial charge on any atom is 0.0433 e. The molecule has 1 saturated carbocycles. The summed E-state index contributed by atoms with van der Waals surface area (Å²) in [5.74, 6) is 2.89. The fourth-order valence-electron chi connectivity index (χ4n) is 3.82. The average molecular weight is 228 g/mol. The lowest BCUT2D eigenvalue weighted by atomic mass is 9.63. The third-order valence-electron chi connectivity index (χ3n) is 4.63. The Labute approximate surface area is 100 Å². The van der Waals surface area contributed by atoms with Gasteiger partial charge in [-0.05, 0) is 49.4 Å². The van der Waals surface area contributed by atoms with Crippen LogP contribution in [0.2, 0.25) is 0 Å². The van der Waals surface area contributed by atoms with E-state index in [9.17, 15) is 5.11 Å². The molecule has 2 heteroatoms. The highest BCUT2D eigenvalue weighted by atomic mass is 16.3. The molecule has 0 aliphatic heterocycles. The zero-order valence-corrected chi connectivity index (χ0v) is 10.9. The second-order valence-corrected chi connectivity index (χ2v) is 5.27. The predicted octanol–water partition coefficient (Wildman–Crippen LogP) is 2.83. The van der Waals surface area contributed by atoms with E-state index in [0.717, 1.165) is 24.7 Å². The Balaban J connectivity index is 2.68. The summed E-state index contributed by atoms with van der Waals surface area (Å²) in [4.78, 5) is 0. The van der Waals surface area contributed by atoms with Crippen molar-refractivity contribution >= 4 is 0 Å². The maximum absolute atomic E-state index is 9.21. The van der Waals surface area contributed by atoms with Crippen LogP contribution in [0.1, 0.15) is 52.4 Å². The van der Waals surface area contributed by atoms with E-state index in [4.69, 9.17) is 5.11 Å². The van der Waals surface area contributed by atoms with Crippen molar-refractivity contribution in [3.05, 3.63) is 0 Å². The van der Waals surface area contributed by atoms with Gasteiger partial charge in [-0.3, -0.25) is 0 Å². The SMILES string of the molecule is CCC1CCC(CCO)C(CC)C1CCO. The zero-order valence-electron chi connectivity index (χ0n) is 10.9. The fourth-order valence-corrected chi connectivity index (χ4v) is 3.82. The second-order valence-electron chi connectivity index (χ2n) is 5.27. The van der Waals surface area contributed by atoms with E-state index in [-0.39, 0.29) is 0 Å². The molecule has 1 rings (SSSR count). The van der Waals surface area contributed by atoms with Crippen molar-refractivity contribution in [2.75, 3.05) is 13.2 Å². The smallest absolute Gasteiger partial charge is 0.0433 e. The monoisotopic (exact) mass is 228 g/mol. The van der Waals surface area contributed by atoms with Crippen LogP contribution in [0, 0.1) is 23.7 Å². The normalized spacial score (nSPS) is 35.2. The van der Waals surface area contributed by atoms with E-state index in [1.807, 2.05) is 0 Å². The van der Waals surface area contributed by atoms with Crippen molar-refractivity contribution in [3.63, 3.8) is 0 Å². The second kappa shape index (κ2) is 7.29. The molecule has 0 radical (unpaired) electrons. The standard InChI is InChI=1S/C14H28O2/c1-3-11-5-6-12(7-9-15)13(4-2)14(11)8-10-16/h11-16H,3-10H2,1-2H3. The van der Waals surface area contributed by atoms with E-state index in [0.29, 0.717) is 25.0 Å². The van der Waals surface area contributed by atoms with Crippen molar-refractivity contribution in [2.24, 2.45) is 23.7 Å². The molecule has 1 aliphatic carbocycles. The molecule has 2 nitrogen and oxygen atoms in total. The molecule has 0 bridgehead atoms. The largest absolute Gasteiger partial charge is 0.396 e. The summed E-state index contributed by atoms with van der Waals surface area (Å²) in [6.45, 7) is 5.18. The van der Waals surface area contributed by atoms with Crippen molar-refractivity contribution < 1.29 is 10.2 Å². The highest BCUT2D eigenvalue weighted by Crippen LogP contribution is 2.44.